The van der Waals surface area contributed by atoms with Crippen LogP contribution in [-0.4, -0.2) is 0 Å². The van der Waals surface area contributed by atoms with Gasteiger partial charge in [0.1, 0.15) is 0 Å². The Hall–Kier alpha value is -6.70. The van der Waals surface area contributed by atoms with Crippen molar-refractivity contribution >= 4 is 49.4 Å². The summed E-state index contributed by atoms with van der Waals surface area (Å²) in [7, 11) is 0. The minimum absolute atomic E-state index is 0.301. The molecule has 0 radical (unpaired) electrons. The summed E-state index contributed by atoms with van der Waals surface area (Å²) in [6.07, 6.45) is 12.1. The summed E-state index contributed by atoms with van der Waals surface area (Å²) in [6, 6.07) is 66.6. The summed E-state index contributed by atoms with van der Waals surface area (Å²) in [5.74, 6) is 1.59. The molecule has 62 heavy (non-hydrogen) atoms. The molecule has 2 atom stereocenters. The molecule has 1 heteroatoms. The van der Waals surface area contributed by atoms with Crippen molar-refractivity contribution in [2.45, 2.75) is 70.6 Å². The lowest BCUT2D eigenvalue weighted by Crippen LogP contribution is -2.11. The zero-order valence-electron chi connectivity index (χ0n) is 36.4. The van der Waals surface area contributed by atoms with Gasteiger partial charge in [-0.3, -0.25) is 0 Å². The van der Waals surface area contributed by atoms with Crippen LogP contribution in [-0.2, 0) is 12.8 Å². The third kappa shape index (κ3) is 7.51. The molecule has 1 nitrogen and oxygen atoms in total. The lowest BCUT2D eigenvalue weighted by molar-refractivity contribution is 0.681. The van der Waals surface area contributed by atoms with Crippen molar-refractivity contribution < 1.29 is 0 Å². The summed E-state index contributed by atoms with van der Waals surface area (Å²) < 4.78 is 0. The van der Waals surface area contributed by atoms with Crippen molar-refractivity contribution in [3.63, 3.8) is 0 Å². The van der Waals surface area contributed by atoms with E-state index in [9.17, 15) is 0 Å². The van der Waals surface area contributed by atoms with Gasteiger partial charge in [-0.2, -0.15) is 0 Å². The topological polar surface area (TPSA) is 3.24 Å². The van der Waals surface area contributed by atoms with E-state index < -0.39 is 0 Å². The van der Waals surface area contributed by atoms with Crippen LogP contribution in [0.15, 0.2) is 200 Å². The number of allylic oxidation sites excluding steroid dienone is 4. The van der Waals surface area contributed by atoms with Gasteiger partial charge in [0.25, 0.3) is 0 Å². The molecule has 1 aliphatic rings. The van der Waals surface area contributed by atoms with Gasteiger partial charge in [0, 0.05) is 28.1 Å². The molecule has 0 aromatic heterocycles. The van der Waals surface area contributed by atoms with Crippen LogP contribution in [0, 0.1) is 0 Å². The van der Waals surface area contributed by atoms with Gasteiger partial charge < -0.3 is 4.90 Å². The maximum atomic E-state index is 2.58. The number of para-hydroxylation sites is 1. The minimum atomic E-state index is 0.301. The first-order valence-electron chi connectivity index (χ1n) is 22.7. The highest BCUT2D eigenvalue weighted by Crippen LogP contribution is 2.50. The predicted octanol–water partition coefficient (Wildman–Crippen LogP) is 17.1. The summed E-state index contributed by atoms with van der Waals surface area (Å²) in [6.45, 7) is 9.09. The van der Waals surface area contributed by atoms with Crippen molar-refractivity contribution in [1.29, 1.82) is 0 Å². The maximum Gasteiger partial charge on any atom is 0.0546 e. The Morgan fingerprint density at radius 1 is 0.500 bits per heavy atom. The fourth-order valence-electron chi connectivity index (χ4n) is 10.0. The highest BCUT2D eigenvalue weighted by Gasteiger charge is 2.26. The lowest BCUT2D eigenvalue weighted by atomic mass is 9.79. The monoisotopic (exact) mass is 801 g/mol. The van der Waals surface area contributed by atoms with Crippen molar-refractivity contribution in [2.75, 3.05) is 4.90 Å². The molecule has 0 saturated heterocycles. The smallest absolute Gasteiger partial charge is 0.0546 e. The largest absolute Gasteiger partial charge is 0.310 e. The van der Waals surface area contributed by atoms with E-state index in [1.54, 1.807) is 0 Å². The summed E-state index contributed by atoms with van der Waals surface area (Å²) in [4.78, 5) is 2.48. The Bertz CT molecular complexity index is 3010. The van der Waals surface area contributed by atoms with E-state index in [0.29, 0.717) is 23.7 Å². The number of anilines is 3. The number of hydrogen-bond acceptors (Lipinski definition) is 1. The van der Waals surface area contributed by atoms with E-state index in [1.165, 1.54) is 82.5 Å². The van der Waals surface area contributed by atoms with Gasteiger partial charge >= 0.3 is 0 Å². The molecule has 0 amide bonds. The number of benzene rings is 9. The van der Waals surface area contributed by atoms with Crippen LogP contribution in [0.2, 0.25) is 0 Å². The van der Waals surface area contributed by atoms with Gasteiger partial charge in [0.2, 0.25) is 0 Å². The van der Waals surface area contributed by atoms with Crippen LogP contribution in [0.25, 0.3) is 43.4 Å². The second kappa shape index (κ2) is 17.0. The number of nitrogens with zero attached hydrogens (tertiary/aromatic N) is 1. The van der Waals surface area contributed by atoms with Gasteiger partial charge in [-0.15, -0.1) is 0 Å². The first-order chi connectivity index (χ1) is 30.4. The van der Waals surface area contributed by atoms with Crippen LogP contribution >= 0.6 is 0 Å². The average molecular weight is 802 g/mol. The highest BCUT2D eigenvalue weighted by molar-refractivity contribution is 6.29. The van der Waals surface area contributed by atoms with Crippen molar-refractivity contribution in [3.8, 4) is 11.1 Å². The SMILES string of the molecule is CC(C)c1ccc(CC(Cc2cc(C3C=CC=CC3)c3ccc4c(N(c5ccccc5)c5ccc(C(C)C)cc5)cc(-c5ccccc5)c5ccc2c3c54)c2ccccc2)cc1. The second-order valence-electron chi connectivity index (χ2n) is 18.0. The fraction of sp³-hybridized carbons (Fsp3) is 0.180. The second-order valence-corrected chi connectivity index (χ2v) is 18.0. The van der Waals surface area contributed by atoms with E-state index in [1.807, 2.05) is 0 Å². The Morgan fingerprint density at radius 2 is 1.08 bits per heavy atom. The van der Waals surface area contributed by atoms with Gasteiger partial charge in [-0.1, -0.05) is 198 Å². The van der Waals surface area contributed by atoms with Crippen LogP contribution in [0.5, 0.6) is 0 Å². The molecule has 2 unspecified atom stereocenters. The molecular weight excluding hydrogens is 747 g/mol. The molecule has 0 N–H and O–H groups in total. The molecule has 0 spiro atoms. The minimum Gasteiger partial charge on any atom is -0.310 e. The van der Waals surface area contributed by atoms with Gasteiger partial charge in [0.15, 0.2) is 0 Å². The van der Waals surface area contributed by atoms with Crippen LogP contribution in [0.1, 0.15) is 91.2 Å². The summed E-state index contributed by atoms with van der Waals surface area (Å²) in [5.41, 5.74) is 14.3. The molecule has 9 aromatic carbocycles. The standard InChI is InChI=1S/C61H55N/c1-41(2)44-27-25-43(26-28-44)37-49(46-17-9-5-10-18-46)38-50-39-57(47-19-11-6-12-20-47)54-35-36-56-59(62(51-23-15-8-16-24-51)52-31-29-45(30-32-52)42(3)4)40-58(48-21-13-7-14-22-48)55-34-33-53(50)60(54)61(55)56/h5-19,21-36,39-42,47,49H,20,37-38H2,1-4H3. The first kappa shape index (κ1) is 39.4. The zero-order valence-corrected chi connectivity index (χ0v) is 36.4. The molecule has 10 rings (SSSR count). The molecule has 0 aliphatic heterocycles. The normalized spacial score (nSPS) is 14.5. The van der Waals surface area contributed by atoms with Crippen molar-refractivity contribution in [3.05, 3.63) is 234 Å². The maximum absolute atomic E-state index is 2.58. The predicted molar refractivity (Wildman–Crippen MR) is 267 cm³/mol. The van der Waals surface area contributed by atoms with Gasteiger partial charge in [-0.25, -0.2) is 0 Å². The van der Waals surface area contributed by atoms with Crippen molar-refractivity contribution in [2.24, 2.45) is 0 Å². The fourth-order valence-corrected chi connectivity index (χ4v) is 10.0. The Kier molecular flexibility index (Phi) is 10.8. The Balaban J connectivity index is 1.24. The van der Waals surface area contributed by atoms with Crippen LogP contribution in [0.3, 0.4) is 0 Å². The summed E-state index contributed by atoms with van der Waals surface area (Å²) >= 11 is 0. The summed E-state index contributed by atoms with van der Waals surface area (Å²) in [5, 5.41) is 8.00. The number of rotatable bonds is 12. The lowest BCUT2D eigenvalue weighted by Gasteiger charge is -2.30. The third-order valence-electron chi connectivity index (χ3n) is 13.4. The molecule has 304 valence electrons. The van der Waals surface area contributed by atoms with E-state index in [2.05, 4.69) is 233 Å². The first-order valence-corrected chi connectivity index (χ1v) is 22.7. The van der Waals surface area contributed by atoms with Crippen LogP contribution < -0.4 is 4.90 Å². The van der Waals surface area contributed by atoms with Gasteiger partial charge in [0.05, 0.1) is 5.69 Å². The van der Waals surface area contributed by atoms with E-state index in [4.69, 9.17) is 0 Å². The molecule has 1 aliphatic carbocycles. The highest BCUT2D eigenvalue weighted by atomic mass is 15.1. The van der Waals surface area contributed by atoms with E-state index in [0.717, 1.165) is 30.6 Å². The number of hydrogen-bond donors (Lipinski definition) is 0. The molecule has 9 aromatic rings. The quantitative estimate of drug-likeness (QED) is 0.111. The van der Waals surface area contributed by atoms with Crippen LogP contribution in [0.4, 0.5) is 17.1 Å². The third-order valence-corrected chi connectivity index (χ3v) is 13.4. The van der Waals surface area contributed by atoms with E-state index >= 15 is 0 Å². The Labute approximate surface area is 368 Å². The molecule has 0 bridgehead atoms. The average Bonchev–Trinajstić information content (AvgIpc) is 3.32. The molecule has 0 fully saturated rings. The molecular formula is C61H55N. The van der Waals surface area contributed by atoms with Crippen molar-refractivity contribution in [1.82, 2.24) is 0 Å². The zero-order chi connectivity index (χ0) is 42.2. The van der Waals surface area contributed by atoms with E-state index in [-0.39, 0.29) is 0 Å². The Morgan fingerprint density at radius 3 is 1.74 bits per heavy atom. The molecule has 0 saturated carbocycles. The molecule has 0 heterocycles. The van der Waals surface area contributed by atoms with Gasteiger partial charge in [-0.05, 0) is 133 Å².